The van der Waals surface area contributed by atoms with Gasteiger partial charge < -0.3 is 10.1 Å². The molecule has 2 nitrogen and oxygen atoms in total. The third-order valence-corrected chi connectivity index (χ3v) is 3.58. The Balaban J connectivity index is 2.31. The summed E-state index contributed by atoms with van der Waals surface area (Å²) < 4.78 is 6.55. The maximum absolute atomic E-state index is 5.41. The zero-order chi connectivity index (χ0) is 10.7. The van der Waals surface area contributed by atoms with E-state index in [9.17, 15) is 0 Å². The highest BCUT2D eigenvalue weighted by Gasteiger charge is 2.20. The fourth-order valence-corrected chi connectivity index (χ4v) is 2.76. The summed E-state index contributed by atoms with van der Waals surface area (Å²) in [6, 6.07) is 6.55. The predicted molar refractivity (Wildman–Crippen MR) is 65.3 cm³/mol. The van der Waals surface area contributed by atoms with Crippen molar-refractivity contribution in [2.75, 3.05) is 13.7 Å². The number of benzene rings is 1. The molecule has 1 heterocycles. The van der Waals surface area contributed by atoms with Crippen LogP contribution in [0.1, 0.15) is 30.9 Å². The van der Waals surface area contributed by atoms with E-state index in [2.05, 4.69) is 27.3 Å². The van der Waals surface area contributed by atoms with Gasteiger partial charge in [0.2, 0.25) is 0 Å². The second kappa shape index (κ2) is 4.99. The Hall–Kier alpha value is -0.540. The lowest BCUT2D eigenvalue weighted by molar-refractivity contribution is 0.372. The van der Waals surface area contributed by atoms with Gasteiger partial charge in [-0.1, -0.05) is 28.4 Å². The number of hydrogen-bond acceptors (Lipinski definition) is 2. The van der Waals surface area contributed by atoms with Gasteiger partial charge in [-0.25, -0.2) is 0 Å². The molecule has 0 amide bonds. The second-order valence-electron chi connectivity index (χ2n) is 3.86. The molecule has 82 valence electrons. The van der Waals surface area contributed by atoms with Crippen molar-refractivity contribution < 1.29 is 4.74 Å². The molecule has 1 unspecified atom stereocenters. The first-order valence-electron chi connectivity index (χ1n) is 5.38. The number of halogens is 1. The largest absolute Gasteiger partial charge is 0.496 e. The quantitative estimate of drug-likeness (QED) is 0.890. The summed E-state index contributed by atoms with van der Waals surface area (Å²) in [5, 5.41) is 3.54. The summed E-state index contributed by atoms with van der Waals surface area (Å²) in [7, 11) is 1.73. The molecule has 1 aromatic rings. The van der Waals surface area contributed by atoms with Crippen LogP contribution in [0.3, 0.4) is 0 Å². The number of methoxy groups -OCH3 is 1. The first-order valence-corrected chi connectivity index (χ1v) is 6.18. The minimum absolute atomic E-state index is 0.435. The minimum atomic E-state index is 0.435. The predicted octanol–water partition coefficient (Wildman–Crippen LogP) is 3.27. The van der Waals surface area contributed by atoms with Crippen LogP contribution in [-0.4, -0.2) is 13.7 Å². The van der Waals surface area contributed by atoms with Crippen LogP contribution in [0.5, 0.6) is 5.75 Å². The highest BCUT2D eigenvalue weighted by atomic mass is 79.9. The molecule has 0 aliphatic carbocycles. The first kappa shape index (κ1) is 11.0. The number of rotatable bonds is 2. The number of hydrogen-bond donors (Lipinski definition) is 1. The van der Waals surface area contributed by atoms with E-state index in [1.54, 1.807) is 7.11 Å². The molecule has 1 aliphatic rings. The highest BCUT2D eigenvalue weighted by molar-refractivity contribution is 9.10. The summed E-state index contributed by atoms with van der Waals surface area (Å²) in [4.78, 5) is 0. The van der Waals surface area contributed by atoms with Crippen LogP contribution in [0, 0.1) is 0 Å². The molecule has 15 heavy (non-hydrogen) atoms. The minimum Gasteiger partial charge on any atom is -0.496 e. The van der Waals surface area contributed by atoms with Crippen LogP contribution in [0.2, 0.25) is 0 Å². The van der Waals surface area contributed by atoms with Gasteiger partial charge in [0, 0.05) is 16.1 Å². The van der Waals surface area contributed by atoms with Crippen molar-refractivity contribution >= 4 is 15.9 Å². The van der Waals surface area contributed by atoms with Crippen molar-refractivity contribution in [3.8, 4) is 5.75 Å². The molecule has 0 spiro atoms. The molecular weight excluding hydrogens is 254 g/mol. The van der Waals surface area contributed by atoms with Crippen LogP contribution in [0.15, 0.2) is 22.7 Å². The van der Waals surface area contributed by atoms with Crippen molar-refractivity contribution in [1.82, 2.24) is 5.32 Å². The normalized spacial score (nSPS) is 21.3. The van der Waals surface area contributed by atoms with Crippen molar-refractivity contribution in [3.05, 3.63) is 28.2 Å². The molecule has 1 aliphatic heterocycles. The van der Waals surface area contributed by atoms with Gasteiger partial charge in [-0.15, -0.1) is 0 Å². The van der Waals surface area contributed by atoms with E-state index in [1.165, 1.54) is 24.8 Å². The summed E-state index contributed by atoms with van der Waals surface area (Å²) >= 11 is 3.60. The third kappa shape index (κ3) is 2.34. The molecule has 1 aromatic carbocycles. The molecule has 0 saturated carbocycles. The van der Waals surface area contributed by atoms with E-state index < -0.39 is 0 Å². The molecule has 1 saturated heterocycles. The fourth-order valence-electron chi connectivity index (χ4n) is 2.13. The molecular formula is C12H16BrNO. The van der Waals surface area contributed by atoms with Gasteiger partial charge in [0.15, 0.2) is 0 Å². The average molecular weight is 270 g/mol. The van der Waals surface area contributed by atoms with Crippen LogP contribution >= 0.6 is 15.9 Å². The first-order chi connectivity index (χ1) is 7.33. The van der Waals surface area contributed by atoms with E-state index >= 15 is 0 Å². The monoisotopic (exact) mass is 269 g/mol. The van der Waals surface area contributed by atoms with E-state index in [0.29, 0.717) is 6.04 Å². The van der Waals surface area contributed by atoms with E-state index in [-0.39, 0.29) is 0 Å². The van der Waals surface area contributed by atoms with Crippen molar-refractivity contribution in [1.29, 1.82) is 0 Å². The van der Waals surface area contributed by atoms with E-state index in [0.717, 1.165) is 16.8 Å². The Morgan fingerprint density at radius 1 is 1.40 bits per heavy atom. The number of nitrogens with one attached hydrogen (secondary N) is 1. The highest BCUT2D eigenvalue weighted by Crippen LogP contribution is 2.35. The van der Waals surface area contributed by atoms with Crippen molar-refractivity contribution in [3.63, 3.8) is 0 Å². The topological polar surface area (TPSA) is 21.3 Å². The lowest BCUT2D eigenvalue weighted by atomic mass is 9.97. The molecule has 0 bridgehead atoms. The Morgan fingerprint density at radius 3 is 2.93 bits per heavy atom. The molecule has 0 aromatic heterocycles. The van der Waals surface area contributed by atoms with Gasteiger partial charge in [0.05, 0.1) is 7.11 Å². The molecule has 1 atom stereocenters. The van der Waals surface area contributed by atoms with Crippen LogP contribution in [0.4, 0.5) is 0 Å². The Labute approximate surface area is 99.1 Å². The zero-order valence-electron chi connectivity index (χ0n) is 8.92. The van der Waals surface area contributed by atoms with Crippen LogP contribution in [0.25, 0.3) is 0 Å². The summed E-state index contributed by atoms with van der Waals surface area (Å²) in [6.07, 6.45) is 3.77. The maximum Gasteiger partial charge on any atom is 0.124 e. The Bertz CT molecular complexity index is 334. The van der Waals surface area contributed by atoms with Gasteiger partial charge in [-0.05, 0) is 31.5 Å². The molecule has 0 radical (unpaired) electrons. The zero-order valence-corrected chi connectivity index (χ0v) is 10.5. The smallest absolute Gasteiger partial charge is 0.124 e. The fraction of sp³-hybridized carbons (Fsp3) is 0.500. The average Bonchev–Trinajstić information content (AvgIpc) is 2.29. The van der Waals surface area contributed by atoms with Crippen molar-refractivity contribution in [2.45, 2.75) is 25.3 Å². The molecule has 1 fully saturated rings. The van der Waals surface area contributed by atoms with Gasteiger partial charge in [-0.2, -0.15) is 0 Å². The summed E-state index contributed by atoms with van der Waals surface area (Å²) in [6.45, 7) is 1.11. The number of ether oxygens (including phenoxy) is 1. The SMILES string of the molecule is COc1cccc(Br)c1C1CCCCN1. The summed E-state index contributed by atoms with van der Waals surface area (Å²) in [5.41, 5.74) is 1.26. The second-order valence-corrected chi connectivity index (χ2v) is 4.71. The summed E-state index contributed by atoms with van der Waals surface area (Å²) in [5.74, 6) is 0.976. The van der Waals surface area contributed by atoms with E-state index in [4.69, 9.17) is 4.74 Å². The Morgan fingerprint density at radius 2 is 2.27 bits per heavy atom. The molecule has 2 rings (SSSR count). The molecule has 1 N–H and O–H groups in total. The molecule has 3 heteroatoms. The third-order valence-electron chi connectivity index (χ3n) is 2.89. The van der Waals surface area contributed by atoms with Crippen LogP contribution < -0.4 is 10.1 Å². The number of piperidine rings is 1. The van der Waals surface area contributed by atoms with Gasteiger partial charge in [0.1, 0.15) is 5.75 Å². The lowest BCUT2D eigenvalue weighted by Crippen LogP contribution is -2.27. The van der Waals surface area contributed by atoms with Crippen molar-refractivity contribution in [2.24, 2.45) is 0 Å². The van der Waals surface area contributed by atoms with Gasteiger partial charge in [-0.3, -0.25) is 0 Å². The van der Waals surface area contributed by atoms with Gasteiger partial charge in [0.25, 0.3) is 0 Å². The standard InChI is InChI=1S/C12H16BrNO/c1-15-11-7-4-5-9(13)12(11)10-6-2-3-8-14-10/h4-5,7,10,14H,2-3,6,8H2,1H3. The van der Waals surface area contributed by atoms with E-state index in [1.807, 2.05) is 12.1 Å². The Kier molecular flexibility index (Phi) is 3.65. The van der Waals surface area contributed by atoms with Gasteiger partial charge >= 0.3 is 0 Å². The lowest BCUT2D eigenvalue weighted by Gasteiger charge is -2.26. The van der Waals surface area contributed by atoms with Crippen LogP contribution in [-0.2, 0) is 0 Å². The maximum atomic E-state index is 5.41.